The number of methoxy groups -OCH3 is 2. The van der Waals surface area contributed by atoms with Crippen LogP contribution in [-0.2, 0) is 10.3 Å². The maximum Gasteiger partial charge on any atom is 0.407 e. The summed E-state index contributed by atoms with van der Waals surface area (Å²) in [5, 5.41) is 2.50. The fraction of sp³-hybridized carbons (Fsp3) is 0.333. The lowest BCUT2D eigenvalue weighted by atomic mass is 9.66. The Bertz CT molecular complexity index is 1480. The maximum atomic E-state index is 15.9. The van der Waals surface area contributed by atoms with E-state index in [0.29, 0.717) is 11.1 Å². The van der Waals surface area contributed by atoms with Crippen LogP contribution in [0.4, 0.5) is 13.6 Å². The lowest BCUT2D eigenvalue weighted by molar-refractivity contribution is -0.0156. The molecule has 3 aromatic rings. The van der Waals surface area contributed by atoms with E-state index >= 15 is 8.78 Å². The van der Waals surface area contributed by atoms with Gasteiger partial charge >= 0.3 is 6.09 Å². The molecule has 7 nitrogen and oxygen atoms in total. The van der Waals surface area contributed by atoms with E-state index < -0.39 is 51.6 Å². The van der Waals surface area contributed by atoms with Gasteiger partial charge < -0.3 is 25.3 Å². The first-order valence-electron chi connectivity index (χ1n) is 12.6. The molecule has 1 aliphatic heterocycles. The highest BCUT2D eigenvalue weighted by Crippen LogP contribution is 2.59. The Labute approximate surface area is 236 Å². The van der Waals surface area contributed by atoms with Crippen LogP contribution < -0.4 is 20.5 Å². The fourth-order valence-corrected chi connectivity index (χ4v) is 5.90. The standard InChI is InChI=1S/C30H31ClF2N2O5/c1-15-21-20(14-18(32)24(31)23(21)22-17(26(34)36)12-13-19(38-5)25(22)33)40-30(15,16-10-8-7-9-11-16)27(29(2,3)4)35-28(37)39-6/h7-15,27H,1-6H3,(H2,34,36)(H,35,37)/t15-,27-,30-/m0/s1. The van der Waals surface area contributed by atoms with Gasteiger partial charge in [-0.25, -0.2) is 13.6 Å². The van der Waals surface area contributed by atoms with E-state index in [1.54, 1.807) is 0 Å². The molecule has 0 aliphatic carbocycles. The average Bonchev–Trinajstić information content (AvgIpc) is 3.19. The lowest BCUT2D eigenvalue weighted by Gasteiger charge is -2.46. The van der Waals surface area contributed by atoms with Crippen molar-refractivity contribution in [2.75, 3.05) is 14.2 Å². The third kappa shape index (κ3) is 4.62. The Morgan fingerprint density at radius 3 is 2.30 bits per heavy atom. The zero-order chi connectivity index (χ0) is 29.6. The molecule has 3 aromatic carbocycles. The number of rotatable bonds is 6. The van der Waals surface area contributed by atoms with Gasteiger partial charge in [0, 0.05) is 28.7 Å². The summed E-state index contributed by atoms with van der Waals surface area (Å²) >= 11 is 6.56. The number of fused-ring (bicyclic) bond motifs is 1. The number of amides is 2. The number of halogens is 3. The highest BCUT2D eigenvalue weighted by Gasteiger charge is 2.58. The summed E-state index contributed by atoms with van der Waals surface area (Å²) < 4.78 is 48.2. The molecule has 0 aromatic heterocycles. The van der Waals surface area contributed by atoms with Gasteiger partial charge in [-0.3, -0.25) is 4.79 Å². The number of benzene rings is 3. The molecule has 0 saturated carbocycles. The minimum absolute atomic E-state index is 0.0757. The molecule has 0 radical (unpaired) electrons. The summed E-state index contributed by atoms with van der Waals surface area (Å²) in [6, 6.07) is 12.1. The minimum atomic E-state index is -1.34. The van der Waals surface area contributed by atoms with E-state index in [-0.39, 0.29) is 28.2 Å². The van der Waals surface area contributed by atoms with Gasteiger partial charge in [-0.2, -0.15) is 0 Å². The topological polar surface area (TPSA) is 99.9 Å². The van der Waals surface area contributed by atoms with E-state index in [0.717, 1.165) is 6.07 Å². The zero-order valence-corrected chi connectivity index (χ0v) is 23.8. The van der Waals surface area contributed by atoms with Crippen LogP contribution in [0.3, 0.4) is 0 Å². The van der Waals surface area contributed by atoms with Crippen molar-refractivity contribution in [2.45, 2.75) is 45.3 Å². The monoisotopic (exact) mass is 572 g/mol. The van der Waals surface area contributed by atoms with E-state index in [2.05, 4.69) is 5.32 Å². The summed E-state index contributed by atoms with van der Waals surface area (Å²) in [6.07, 6.45) is -0.693. The zero-order valence-electron chi connectivity index (χ0n) is 23.0. The Kier molecular flexibility index (Phi) is 7.73. The molecule has 1 heterocycles. The van der Waals surface area contributed by atoms with Gasteiger partial charge in [0.05, 0.1) is 30.8 Å². The van der Waals surface area contributed by atoms with E-state index in [9.17, 15) is 9.59 Å². The molecule has 1 aliphatic rings. The average molecular weight is 573 g/mol. The summed E-state index contributed by atoms with van der Waals surface area (Å²) in [5.74, 6) is -3.55. The predicted octanol–water partition coefficient (Wildman–Crippen LogP) is 6.55. The normalized spacial score (nSPS) is 18.9. The van der Waals surface area contributed by atoms with Crippen molar-refractivity contribution < 1.29 is 32.6 Å². The van der Waals surface area contributed by atoms with Crippen molar-refractivity contribution >= 4 is 23.6 Å². The number of ether oxygens (including phenoxy) is 3. The summed E-state index contributed by atoms with van der Waals surface area (Å²) in [6.45, 7) is 7.56. The first kappa shape index (κ1) is 29.1. The minimum Gasteiger partial charge on any atom is -0.494 e. The quantitative estimate of drug-likeness (QED) is 0.349. The van der Waals surface area contributed by atoms with E-state index in [1.807, 2.05) is 58.0 Å². The van der Waals surface area contributed by atoms with E-state index in [4.69, 9.17) is 31.5 Å². The molecule has 0 fully saturated rings. The summed E-state index contributed by atoms with van der Waals surface area (Å²) in [7, 11) is 2.52. The molecular formula is C30H31ClF2N2O5. The number of primary amides is 1. The molecule has 4 rings (SSSR count). The van der Waals surface area contributed by atoms with Crippen LogP contribution >= 0.6 is 11.6 Å². The second kappa shape index (κ2) is 10.6. The Morgan fingerprint density at radius 1 is 1.10 bits per heavy atom. The molecule has 0 bridgehead atoms. The van der Waals surface area contributed by atoms with Gasteiger partial charge in [0.2, 0.25) is 5.91 Å². The predicted molar refractivity (Wildman–Crippen MR) is 148 cm³/mol. The largest absolute Gasteiger partial charge is 0.494 e. The van der Waals surface area contributed by atoms with Crippen molar-refractivity contribution in [1.29, 1.82) is 0 Å². The van der Waals surface area contributed by atoms with Gasteiger partial charge in [0.1, 0.15) is 11.6 Å². The highest BCUT2D eigenvalue weighted by molar-refractivity contribution is 6.34. The molecule has 212 valence electrons. The van der Waals surface area contributed by atoms with Crippen molar-refractivity contribution in [3.63, 3.8) is 0 Å². The number of alkyl carbamates (subject to hydrolysis) is 1. The number of carbonyl (C=O) groups excluding carboxylic acids is 2. The fourth-order valence-electron chi connectivity index (χ4n) is 5.65. The van der Waals surface area contributed by atoms with Gasteiger partial charge in [-0.15, -0.1) is 0 Å². The lowest BCUT2D eigenvalue weighted by Crippen LogP contribution is -2.60. The number of hydrogen-bond donors (Lipinski definition) is 2. The van der Waals surface area contributed by atoms with Crippen LogP contribution in [0.1, 0.15) is 55.1 Å². The Morgan fingerprint density at radius 2 is 1.75 bits per heavy atom. The van der Waals surface area contributed by atoms with Crippen LogP contribution in [0.15, 0.2) is 48.5 Å². The maximum absolute atomic E-state index is 15.9. The van der Waals surface area contributed by atoms with Crippen molar-refractivity contribution in [3.05, 3.63) is 81.9 Å². The van der Waals surface area contributed by atoms with Gasteiger partial charge in [-0.05, 0) is 23.1 Å². The van der Waals surface area contributed by atoms with Crippen LogP contribution in [-0.4, -0.2) is 32.3 Å². The number of hydrogen-bond acceptors (Lipinski definition) is 5. The van der Waals surface area contributed by atoms with Crippen LogP contribution in [0.25, 0.3) is 11.1 Å². The summed E-state index contributed by atoms with van der Waals surface area (Å²) in [4.78, 5) is 25.1. The van der Waals surface area contributed by atoms with Crippen LogP contribution in [0.5, 0.6) is 11.5 Å². The highest BCUT2D eigenvalue weighted by atomic mass is 35.5. The molecule has 0 unspecified atom stereocenters. The second-order valence-electron chi connectivity index (χ2n) is 10.7. The smallest absolute Gasteiger partial charge is 0.407 e. The van der Waals surface area contributed by atoms with Gasteiger partial charge in [-0.1, -0.05) is 69.6 Å². The van der Waals surface area contributed by atoms with E-state index in [1.165, 1.54) is 26.4 Å². The third-order valence-corrected chi connectivity index (χ3v) is 7.76. The van der Waals surface area contributed by atoms with Crippen molar-refractivity contribution in [1.82, 2.24) is 5.32 Å². The van der Waals surface area contributed by atoms with Crippen molar-refractivity contribution in [3.8, 4) is 22.6 Å². The number of carbonyl (C=O) groups is 2. The van der Waals surface area contributed by atoms with Gasteiger partial charge in [0.15, 0.2) is 17.2 Å². The first-order chi connectivity index (χ1) is 18.8. The second-order valence-corrected chi connectivity index (χ2v) is 11.1. The molecule has 0 saturated heterocycles. The number of nitrogens with two attached hydrogens (primary N) is 1. The molecule has 40 heavy (non-hydrogen) atoms. The molecule has 0 spiro atoms. The summed E-state index contributed by atoms with van der Waals surface area (Å²) in [5.41, 5.74) is 4.05. The first-order valence-corrected chi connectivity index (χ1v) is 12.9. The van der Waals surface area contributed by atoms with Crippen molar-refractivity contribution in [2.24, 2.45) is 11.1 Å². The van der Waals surface area contributed by atoms with Gasteiger partial charge in [0.25, 0.3) is 0 Å². The molecule has 2 amide bonds. The van der Waals surface area contributed by atoms with Crippen LogP contribution in [0.2, 0.25) is 5.02 Å². The Hall–Kier alpha value is -3.85. The number of nitrogens with one attached hydrogen (secondary N) is 1. The molecule has 10 heteroatoms. The Balaban J connectivity index is 2.12. The molecular weight excluding hydrogens is 542 g/mol. The van der Waals surface area contributed by atoms with Crippen LogP contribution in [0, 0.1) is 17.0 Å². The SMILES string of the molecule is COC(=O)N[C@@H](C(C)(C)C)[C@]1(c2ccccc2)Oc2cc(F)c(Cl)c(-c3c(C(N)=O)ccc(OC)c3F)c2[C@@H]1C. The third-order valence-electron chi connectivity index (χ3n) is 7.39. The molecule has 3 N–H and O–H groups in total. The molecule has 3 atom stereocenters.